The minimum atomic E-state index is -2.27. The van der Waals surface area contributed by atoms with Crippen LogP contribution in [0.1, 0.15) is 74.8 Å². The van der Waals surface area contributed by atoms with Crippen LogP contribution in [-0.2, 0) is 45.8 Å². The fraction of sp³-hybridized carbons (Fsp3) is 0.578. The van der Waals surface area contributed by atoms with Crippen molar-refractivity contribution in [2.75, 3.05) is 66.0 Å². The van der Waals surface area contributed by atoms with Crippen molar-refractivity contribution < 1.29 is 38.4 Å². The van der Waals surface area contributed by atoms with Gasteiger partial charge >= 0.3 is 17.9 Å². The number of anilines is 1. The predicted octanol–water partition coefficient (Wildman–Crippen LogP) is 4.63. The normalized spacial score (nSPS) is 35.4. The number of H-pyrrole nitrogens is 1. The molecule has 12 heteroatoms. The van der Waals surface area contributed by atoms with Crippen molar-refractivity contribution in [2.24, 2.45) is 11.3 Å². The zero-order valence-corrected chi connectivity index (χ0v) is 34.1. The van der Waals surface area contributed by atoms with E-state index in [9.17, 15) is 14.7 Å². The van der Waals surface area contributed by atoms with E-state index in [4.69, 9.17) is 18.9 Å². The van der Waals surface area contributed by atoms with Crippen LogP contribution < -0.4 is 9.64 Å². The molecule has 1 spiro atoms. The molecule has 2 aromatic carbocycles. The number of hydrogen-bond donors (Lipinski definition) is 2. The van der Waals surface area contributed by atoms with Gasteiger partial charge in [0.05, 0.1) is 27.4 Å². The Balaban J connectivity index is 1.37. The van der Waals surface area contributed by atoms with Crippen LogP contribution in [0.2, 0.25) is 0 Å². The van der Waals surface area contributed by atoms with E-state index in [1.807, 2.05) is 31.0 Å². The monoisotopic (exact) mass is 780 g/mol. The first-order chi connectivity index (χ1) is 27.5. The number of benzene rings is 2. The van der Waals surface area contributed by atoms with E-state index in [1.165, 1.54) is 21.1 Å². The molecule has 2 bridgehead atoms. The highest BCUT2D eigenvalue weighted by Gasteiger charge is 2.80. The number of nitrogens with one attached hydrogen (secondary N) is 1. The summed E-state index contributed by atoms with van der Waals surface area (Å²) in [5.41, 5.74) is -0.0320. The molecule has 12 nitrogen and oxygen atoms in total. The number of ether oxygens (including phenoxy) is 4. The van der Waals surface area contributed by atoms with E-state index in [0.717, 1.165) is 78.7 Å². The highest BCUT2D eigenvalue weighted by molar-refractivity contribution is 5.95. The molecule has 1 aromatic heterocycles. The van der Waals surface area contributed by atoms with Gasteiger partial charge in [-0.05, 0) is 80.8 Å². The van der Waals surface area contributed by atoms with Gasteiger partial charge in [0.15, 0.2) is 6.10 Å². The number of aliphatic hydroxyl groups is 1. The lowest BCUT2D eigenvalue weighted by Crippen LogP contribution is -2.81. The lowest BCUT2D eigenvalue weighted by atomic mass is 9.47. The molecular formula is C45H56N4O8. The predicted molar refractivity (Wildman–Crippen MR) is 214 cm³/mol. The summed E-state index contributed by atoms with van der Waals surface area (Å²) in [6, 6.07) is 11.3. The summed E-state index contributed by atoms with van der Waals surface area (Å²) in [5.74, 6) is -1.07. The van der Waals surface area contributed by atoms with Crippen LogP contribution in [0.4, 0.5) is 5.69 Å². The van der Waals surface area contributed by atoms with Crippen LogP contribution in [0.25, 0.3) is 10.9 Å². The van der Waals surface area contributed by atoms with Crippen molar-refractivity contribution in [2.45, 2.75) is 93.4 Å². The first kappa shape index (κ1) is 38.1. The number of nitrogens with zero attached hydrogens (tertiary/aromatic N) is 3. The number of esters is 3. The highest BCUT2D eigenvalue weighted by atomic mass is 16.6. The molecule has 2 N–H and O–H groups in total. The summed E-state index contributed by atoms with van der Waals surface area (Å²) in [6.07, 6.45) is 8.46. The first-order valence-electron chi connectivity index (χ1n) is 20.7. The van der Waals surface area contributed by atoms with Gasteiger partial charge in [-0.3, -0.25) is 14.5 Å². The second-order valence-corrected chi connectivity index (χ2v) is 17.5. The number of carbonyl (C=O) groups is 3. The zero-order chi connectivity index (χ0) is 40.1. The van der Waals surface area contributed by atoms with Crippen molar-refractivity contribution in [3.63, 3.8) is 0 Å². The van der Waals surface area contributed by atoms with Crippen LogP contribution in [0.5, 0.6) is 5.75 Å². The summed E-state index contributed by atoms with van der Waals surface area (Å²) >= 11 is 0. The maximum atomic E-state index is 15.2. The Kier molecular flexibility index (Phi) is 9.10. The second-order valence-electron chi connectivity index (χ2n) is 17.5. The summed E-state index contributed by atoms with van der Waals surface area (Å²) in [5, 5.41) is 14.4. The fourth-order valence-electron chi connectivity index (χ4n) is 13.1. The number of methoxy groups -OCH3 is 3. The van der Waals surface area contributed by atoms with Gasteiger partial charge in [0.2, 0.25) is 5.60 Å². The minimum Gasteiger partial charge on any atom is -0.496 e. The van der Waals surface area contributed by atoms with Crippen LogP contribution in [0, 0.1) is 11.3 Å². The summed E-state index contributed by atoms with van der Waals surface area (Å²) in [4.78, 5) is 53.3. The van der Waals surface area contributed by atoms with E-state index >= 15 is 4.79 Å². The number of aromatic amines is 1. The van der Waals surface area contributed by atoms with E-state index < -0.39 is 45.9 Å². The Morgan fingerprint density at radius 2 is 1.77 bits per heavy atom. The maximum absolute atomic E-state index is 15.2. The van der Waals surface area contributed by atoms with Crippen molar-refractivity contribution >= 4 is 34.5 Å². The minimum absolute atomic E-state index is 0.192. The molecule has 57 heavy (non-hydrogen) atoms. The maximum Gasteiger partial charge on any atom is 0.344 e. The first-order valence-corrected chi connectivity index (χ1v) is 20.7. The van der Waals surface area contributed by atoms with Crippen LogP contribution in [-0.4, -0.2) is 123 Å². The number of hydrogen-bond acceptors (Lipinski definition) is 11. The number of fused-ring (bicyclic) bond motifs is 6. The van der Waals surface area contributed by atoms with Gasteiger partial charge in [-0.2, -0.15) is 0 Å². The largest absolute Gasteiger partial charge is 0.496 e. The molecule has 1 aliphatic carbocycles. The molecule has 2 saturated heterocycles. The molecular weight excluding hydrogens is 725 g/mol. The average Bonchev–Trinajstić information content (AvgIpc) is 3.81. The molecule has 6 aliphatic rings. The molecule has 9 rings (SSSR count). The second kappa shape index (κ2) is 13.6. The van der Waals surface area contributed by atoms with E-state index in [1.54, 1.807) is 7.11 Å². The highest BCUT2D eigenvalue weighted by Crippen LogP contribution is 2.68. The molecule has 0 radical (unpaired) electrons. The summed E-state index contributed by atoms with van der Waals surface area (Å²) in [7, 11) is 6.28. The van der Waals surface area contributed by atoms with E-state index in [2.05, 4.69) is 51.2 Å². The number of carbonyl (C=O) groups excluding carboxylic acids is 3. The van der Waals surface area contributed by atoms with Gasteiger partial charge in [0, 0.05) is 84.4 Å². The van der Waals surface area contributed by atoms with Gasteiger partial charge in [0.1, 0.15) is 11.2 Å². The topological polar surface area (TPSA) is 134 Å². The Bertz CT molecular complexity index is 2170. The third-order valence-electron chi connectivity index (χ3n) is 15.1. The molecule has 3 aromatic rings. The molecule has 9 atom stereocenters. The van der Waals surface area contributed by atoms with Crippen molar-refractivity contribution in [1.29, 1.82) is 0 Å². The number of para-hydroxylation sites is 1. The van der Waals surface area contributed by atoms with Crippen molar-refractivity contribution in [3.8, 4) is 5.75 Å². The van der Waals surface area contributed by atoms with Crippen LogP contribution in [0.3, 0.4) is 0 Å². The van der Waals surface area contributed by atoms with Gasteiger partial charge in [-0.15, -0.1) is 0 Å². The standard InChI is InChI=1S/C45H56N4O8/c1-7-42-17-12-20-49-22-18-43(37(42)49)31-23-32(35(54-4)24-34(31)47(3)38(43)45(53,41(52)56-6)39(42)57-27(2)50)44(40(51)55-5)25-28-13-10-11-19-48(26-28)21-16-30-29-14-8-9-15-33(29)46-36(30)44/h8-9,12,14-15,17,23-24,28,37-39,46,53H,7,10-11,13,16,18-22,25-26H2,1-6H3/t28-,37+,38-,39-,42-,43-,44+,45+/m1/s1. The third-order valence-corrected chi connectivity index (χ3v) is 15.1. The fourth-order valence-corrected chi connectivity index (χ4v) is 13.1. The number of rotatable bonds is 6. The Morgan fingerprint density at radius 1 is 0.982 bits per heavy atom. The van der Waals surface area contributed by atoms with Gasteiger partial charge in [-0.25, -0.2) is 4.79 Å². The van der Waals surface area contributed by atoms with Gasteiger partial charge in [0.25, 0.3) is 0 Å². The summed E-state index contributed by atoms with van der Waals surface area (Å²) in [6.45, 7) is 7.52. The Morgan fingerprint density at radius 3 is 2.51 bits per heavy atom. The quantitative estimate of drug-likeness (QED) is 0.206. The molecule has 1 unspecified atom stereocenters. The molecule has 304 valence electrons. The van der Waals surface area contributed by atoms with Gasteiger partial charge in [-0.1, -0.05) is 43.7 Å². The summed E-state index contributed by atoms with van der Waals surface area (Å²) < 4.78 is 24.0. The molecule has 3 fully saturated rings. The Labute approximate surface area is 334 Å². The van der Waals surface area contributed by atoms with Crippen molar-refractivity contribution in [1.82, 2.24) is 14.8 Å². The molecule has 1 saturated carbocycles. The van der Waals surface area contributed by atoms with E-state index in [-0.39, 0.29) is 17.9 Å². The average molecular weight is 781 g/mol. The number of likely N-dealkylation sites (N-methyl/N-ethyl adjacent to an activating group) is 1. The number of aromatic nitrogens is 1. The zero-order valence-electron chi connectivity index (χ0n) is 34.1. The van der Waals surface area contributed by atoms with Gasteiger partial charge < -0.3 is 38.8 Å². The third kappa shape index (κ3) is 4.99. The lowest BCUT2D eigenvalue weighted by molar-refractivity contribution is -0.228. The van der Waals surface area contributed by atoms with Crippen LogP contribution >= 0.6 is 0 Å². The molecule has 5 aliphatic heterocycles. The molecule has 0 amide bonds. The van der Waals surface area contributed by atoms with E-state index in [0.29, 0.717) is 43.7 Å². The lowest BCUT2D eigenvalue weighted by Gasteiger charge is -2.63. The van der Waals surface area contributed by atoms with Crippen LogP contribution in [0.15, 0.2) is 48.6 Å². The Hall–Kier alpha value is -4.39. The molecule has 6 heterocycles. The van der Waals surface area contributed by atoms with Crippen molar-refractivity contribution in [3.05, 3.63) is 70.9 Å². The SMILES string of the molecule is CC[C@]12C=CCN3CC[C@@]4(c5cc([C@@]6(C(=O)OC)C[C@H]7CCCCN(CCc8c6[nH]c6ccccc86)C7)c(OC)cc5N(C)[C@H]4[C@@](O)(C(=O)OC)[C@@H]1OC(C)=O)[C@@H]32. The smallest absolute Gasteiger partial charge is 0.344 e.